The molecular formula is C16H22N2O3. The van der Waals surface area contributed by atoms with Gasteiger partial charge in [-0.05, 0) is 32.3 Å². The van der Waals surface area contributed by atoms with Crippen molar-refractivity contribution in [1.82, 2.24) is 10.3 Å². The van der Waals surface area contributed by atoms with E-state index in [9.17, 15) is 9.90 Å². The molecular weight excluding hydrogens is 268 g/mol. The molecule has 1 aliphatic carbocycles. The fourth-order valence-electron chi connectivity index (χ4n) is 2.96. The van der Waals surface area contributed by atoms with E-state index in [1.54, 1.807) is 6.07 Å². The molecule has 21 heavy (non-hydrogen) atoms. The summed E-state index contributed by atoms with van der Waals surface area (Å²) in [5.74, 6) is -0.225. The summed E-state index contributed by atoms with van der Waals surface area (Å²) in [6.07, 6.45) is 3.58. The first-order valence-corrected chi connectivity index (χ1v) is 7.46. The second-order valence-electron chi connectivity index (χ2n) is 7.09. The smallest absolute Gasteiger partial charge is 0.354 e. The average molecular weight is 290 g/mol. The van der Waals surface area contributed by atoms with Crippen molar-refractivity contribution >= 4 is 5.97 Å². The van der Waals surface area contributed by atoms with E-state index in [2.05, 4.69) is 17.2 Å². The molecule has 0 atom stereocenters. The summed E-state index contributed by atoms with van der Waals surface area (Å²) < 4.78 is 5.80. The van der Waals surface area contributed by atoms with Crippen LogP contribution in [0.4, 0.5) is 0 Å². The lowest BCUT2D eigenvalue weighted by Crippen LogP contribution is -2.47. The molecule has 5 nitrogen and oxygen atoms in total. The quantitative estimate of drug-likeness (QED) is 0.891. The third-order valence-electron chi connectivity index (χ3n) is 4.65. The van der Waals surface area contributed by atoms with Gasteiger partial charge in [-0.2, -0.15) is 0 Å². The first-order valence-electron chi connectivity index (χ1n) is 7.46. The predicted octanol–water partition coefficient (Wildman–Crippen LogP) is 2.48. The van der Waals surface area contributed by atoms with E-state index < -0.39 is 5.97 Å². The van der Waals surface area contributed by atoms with Crippen LogP contribution in [0.1, 0.15) is 61.8 Å². The molecule has 0 amide bonds. The largest absolute Gasteiger partial charge is 0.490 e. The third-order valence-corrected chi connectivity index (χ3v) is 4.65. The minimum Gasteiger partial charge on any atom is -0.490 e. The molecule has 0 radical (unpaired) electrons. The Balaban J connectivity index is 1.93. The lowest BCUT2D eigenvalue weighted by Gasteiger charge is -2.39. The Morgan fingerprint density at radius 1 is 1.43 bits per heavy atom. The molecule has 3 rings (SSSR count). The van der Waals surface area contributed by atoms with Crippen LogP contribution in [0.25, 0.3) is 0 Å². The molecule has 0 unspecified atom stereocenters. The molecule has 1 aromatic rings. The SMILES string of the molecule is CC1(NCc2cc(C(=O)O)nc3c2OCC3(C)C)CCC1. The number of fused-ring (bicyclic) bond motifs is 1. The van der Waals surface area contributed by atoms with Gasteiger partial charge in [0.25, 0.3) is 0 Å². The van der Waals surface area contributed by atoms with Gasteiger partial charge in [0.15, 0.2) is 0 Å². The molecule has 1 aliphatic heterocycles. The van der Waals surface area contributed by atoms with Crippen molar-refractivity contribution in [3.63, 3.8) is 0 Å². The van der Waals surface area contributed by atoms with Crippen molar-refractivity contribution in [2.45, 2.75) is 57.5 Å². The number of ether oxygens (including phenoxy) is 1. The summed E-state index contributed by atoms with van der Waals surface area (Å²) >= 11 is 0. The first-order chi connectivity index (χ1) is 9.81. The summed E-state index contributed by atoms with van der Waals surface area (Å²) in [5, 5.41) is 12.8. The Labute approximate surface area is 124 Å². The second kappa shape index (κ2) is 4.70. The number of aromatic carboxylic acids is 1. The summed E-state index contributed by atoms with van der Waals surface area (Å²) in [4.78, 5) is 15.6. The number of hydrogen-bond acceptors (Lipinski definition) is 4. The molecule has 0 bridgehead atoms. The van der Waals surface area contributed by atoms with Crippen LogP contribution in [0, 0.1) is 0 Å². The van der Waals surface area contributed by atoms with E-state index in [1.165, 1.54) is 19.3 Å². The fraction of sp³-hybridized carbons (Fsp3) is 0.625. The van der Waals surface area contributed by atoms with Crippen molar-refractivity contribution in [3.8, 4) is 5.75 Å². The molecule has 2 N–H and O–H groups in total. The highest BCUT2D eigenvalue weighted by molar-refractivity contribution is 5.86. The van der Waals surface area contributed by atoms with Crippen molar-refractivity contribution in [2.24, 2.45) is 0 Å². The van der Waals surface area contributed by atoms with Crippen molar-refractivity contribution in [1.29, 1.82) is 0 Å². The van der Waals surface area contributed by atoms with Gasteiger partial charge in [0.2, 0.25) is 0 Å². The van der Waals surface area contributed by atoms with Crippen LogP contribution in [-0.4, -0.2) is 28.2 Å². The van der Waals surface area contributed by atoms with Crippen LogP contribution in [0.15, 0.2) is 6.07 Å². The van der Waals surface area contributed by atoms with Gasteiger partial charge in [-0.3, -0.25) is 0 Å². The molecule has 0 spiro atoms. The average Bonchev–Trinajstić information content (AvgIpc) is 2.70. The molecule has 1 fully saturated rings. The Bertz CT molecular complexity index is 591. The number of carbonyl (C=O) groups is 1. The van der Waals surface area contributed by atoms with Gasteiger partial charge in [0, 0.05) is 23.1 Å². The maximum atomic E-state index is 11.3. The lowest BCUT2D eigenvalue weighted by atomic mass is 9.78. The number of carboxylic acids is 1. The summed E-state index contributed by atoms with van der Waals surface area (Å²) in [5.41, 5.74) is 1.70. The highest BCUT2D eigenvalue weighted by Crippen LogP contribution is 2.40. The minimum absolute atomic E-state index is 0.0999. The van der Waals surface area contributed by atoms with Crippen molar-refractivity contribution in [2.75, 3.05) is 6.61 Å². The second-order valence-corrected chi connectivity index (χ2v) is 7.09. The van der Waals surface area contributed by atoms with Gasteiger partial charge < -0.3 is 15.2 Å². The zero-order valence-electron chi connectivity index (χ0n) is 12.8. The molecule has 1 saturated carbocycles. The number of pyridine rings is 1. The molecule has 1 aromatic heterocycles. The Morgan fingerprint density at radius 2 is 2.14 bits per heavy atom. The maximum Gasteiger partial charge on any atom is 0.354 e. The van der Waals surface area contributed by atoms with Crippen LogP contribution < -0.4 is 10.1 Å². The fourth-order valence-corrected chi connectivity index (χ4v) is 2.96. The van der Waals surface area contributed by atoms with Gasteiger partial charge in [-0.15, -0.1) is 0 Å². The Morgan fingerprint density at radius 3 is 2.71 bits per heavy atom. The van der Waals surface area contributed by atoms with E-state index in [4.69, 9.17) is 4.74 Å². The number of nitrogens with zero attached hydrogens (tertiary/aromatic N) is 1. The van der Waals surface area contributed by atoms with Gasteiger partial charge in [0.1, 0.15) is 11.4 Å². The minimum atomic E-state index is -0.989. The maximum absolute atomic E-state index is 11.3. The number of rotatable bonds is 4. The zero-order valence-corrected chi connectivity index (χ0v) is 12.8. The number of aromatic nitrogens is 1. The van der Waals surface area contributed by atoms with E-state index in [1.807, 2.05) is 13.8 Å². The summed E-state index contributed by atoms with van der Waals surface area (Å²) in [6.45, 7) is 7.44. The van der Waals surface area contributed by atoms with Crippen LogP contribution in [0.5, 0.6) is 5.75 Å². The molecule has 5 heteroatoms. The van der Waals surface area contributed by atoms with Gasteiger partial charge in [-0.1, -0.05) is 13.8 Å². The van der Waals surface area contributed by atoms with Crippen LogP contribution in [0.3, 0.4) is 0 Å². The molecule has 2 aliphatic rings. The lowest BCUT2D eigenvalue weighted by molar-refractivity contribution is 0.0690. The van der Waals surface area contributed by atoms with Gasteiger partial charge in [-0.25, -0.2) is 9.78 Å². The van der Waals surface area contributed by atoms with Crippen LogP contribution >= 0.6 is 0 Å². The van der Waals surface area contributed by atoms with Gasteiger partial charge in [0.05, 0.1) is 12.3 Å². The van der Waals surface area contributed by atoms with E-state index >= 15 is 0 Å². The molecule has 2 heterocycles. The summed E-state index contributed by atoms with van der Waals surface area (Å²) in [6, 6.07) is 1.64. The van der Waals surface area contributed by atoms with Gasteiger partial charge >= 0.3 is 5.97 Å². The normalized spacial score (nSPS) is 21.3. The van der Waals surface area contributed by atoms with E-state index in [0.29, 0.717) is 13.2 Å². The number of carboxylic acid groups (broad SMARTS) is 1. The Hall–Kier alpha value is -1.62. The van der Waals surface area contributed by atoms with E-state index in [0.717, 1.165) is 17.0 Å². The highest BCUT2D eigenvalue weighted by atomic mass is 16.5. The summed E-state index contributed by atoms with van der Waals surface area (Å²) in [7, 11) is 0. The van der Waals surface area contributed by atoms with Crippen LogP contribution in [-0.2, 0) is 12.0 Å². The first kappa shape index (κ1) is 14.3. The van der Waals surface area contributed by atoms with Crippen molar-refractivity contribution < 1.29 is 14.6 Å². The van der Waals surface area contributed by atoms with Crippen molar-refractivity contribution in [3.05, 3.63) is 23.0 Å². The number of nitrogens with one attached hydrogen (secondary N) is 1. The molecule has 114 valence electrons. The topological polar surface area (TPSA) is 71.5 Å². The Kier molecular flexibility index (Phi) is 3.20. The third kappa shape index (κ3) is 2.50. The zero-order chi connectivity index (χ0) is 15.3. The predicted molar refractivity (Wildman–Crippen MR) is 78.8 cm³/mol. The number of hydrogen-bond donors (Lipinski definition) is 2. The highest BCUT2D eigenvalue weighted by Gasteiger charge is 2.37. The monoisotopic (exact) mass is 290 g/mol. The van der Waals surface area contributed by atoms with E-state index in [-0.39, 0.29) is 16.6 Å². The molecule has 0 saturated heterocycles. The van der Waals surface area contributed by atoms with Crippen LogP contribution in [0.2, 0.25) is 0 Å². The molecule has 0 aromatic carbocycles. The standard InChI is InChI=1S/C16H22N2O3/c1-15(2)9-21-12-10(8-17-16(3)5-4-6-16)7-11(14(19)20)18-13(12)15/h7,17H,4-6,8-9H2,1-3H3,(H,19,20).